The van der Waals surface area contributed by atoms with Gasteiger partial charge in [-0.25, -0.2) is 19.7 Å². The molecule has 34 heavy (non-hydrogen) atoms. The van der Waals surface area contributed by atoms with E-state index in [0.29, 0.717) is 42.2 Å². The Morgan fingerprint density at radius 2 is 2.03 bits per heavy atom. The average Bonchev–Trinajstić information content (AvgIpc) is 3.34. The van der Waals surface area contributed by atoms with E-state index in [1.807, 2.05) is 57.4 Å². The number of nitrogen functional groups attached to an aromatic ring is 1. The predicted molar refractivity (Wildman–Crippen MR) is 129 cm³/mol. The van der Waals surface area contributed by atoms with Crippen molar-refractivity contribution in [3.8, 4) is 11.5 Å². The highest BCUT2D eigenvalue weighted by Gasteiger charge is 2.24. The Morgan fingerprint density at radius 3 is 2.76 bits per heavy atom. The quantitative estimate of drug-likeness (QED) is 0.521. The van der Waals surface area contributed by atoms with Crippen LogP contribution in [0.2, 0.25) is 0 Å². The zero-order valence-corrected chi connectivity index (χ0v) is 20.9. The van der Waals surface area contributed by atoms with Gasteiger partial charge in [0.2, 0.25) is 6.79 Å². The van der Waals surface area contributed by atoms with Gasteiger partial charge in [-0.15, -0.1) is 0 Å². The number of hydrogen-bond acceptors (Lipinski definition) is 9. The zero-order chi connectivity index (χ0) is 24.5. The minimum absolute atomic E-state index is 0.00910. The van der Waals surface area contributed by atoms with Gasteiger partial charge in [-0.05, 0) is 59.2 Å². The number of hydrogen-bond donors (Lipinski definition) is 1. The molecule has 1 aliphatic rings. The van der Waals surface area contributed by atoms with E-state index < -0.39 is 5.60 Å². The number of aryl methyl sites for hydroxylation is 1. The van der Waals surface area contributed by atoms with Gasteiger partial charge in [0.1, 0.15) is 11.9 Å². The molecule has 182 valence electrons. The molecular formula is C23H30N6O4S. The van der Waals surface area contributed by atoms with Crippen molar-refractivity contribution in [2.24, 2.45) is 0 Å². The third-order valence-corrected chi connectivity index (χ3v) is 6.09. The van der Waals surface area contributed by atoms with Crippen LogP contribution in [0.1, 0.15) is 41.0 Å². The molecule has 0 fully saturated rings. The number of nitrogens with two attached hydrogens (primary N) is 1. The summed E-state index contributed by atoms with van der Waals surface area (Å²) in [6, 6.07) is 5.77. The smallest absolute Gasteiger partial charge is 0.410 e. The Bertz CT molecular complexity index is 1190. The summed E-state index contributed by atoms with van der Waals surface area (Å²) in [5.41, 5.74) is 6.74. The first-order valence-electron chi connectivity index (χ1n) is 11.2. The number of rotatable bonds is 7. The molecule has 3 aromatic rings. The molecule has 1 aliphatic heterocycles. The van der Waals surface area contributed by atoms with Gasteiger partial charge in [0, 0.05) is 24.0 Å². The van der Waals surface area contributed by atoms with Crippen LogP contribution >= 0.6 is 11.8 Å². The van der Waals surface area contributed by atoms with Gasteiger partial charge >= 0.3 is 6.09 Å². The first-order chi connectivity index (χ1) is 16.1. The minimum Gasteiger partial charge on any atom is -0.454 e. The van der Waals surface area contributed by atoms with Crippen molar-refractivity contribution in [1.82, 2.24) is 24.4 Å². The van der Waals surface area contributed by atoms with Crippen molar-refractivity contribution >= 4 is 34.8 Å². The maximum atomic E-state index is 12.7. The van der Waals surface area contributed by atoms with Crippen LogP contribution in [0.15, 0.2) is 34.6 Å². The second-order valence-electron chi connectivity index (χ2n) is 9.22. The van der Waals surface area contributed by atoms with E-state index in [2.05, 4.69) is 9.97 Å². The standard InChI is InChI=1S/C23H30N6O4S/c1-14(2)28(22(30)33-23(3,4)5)9-6-10-29-20-18(19(24)25-12-26-20)27-21(29)34-15-7-8-16-17(11-15)32-13-31-16/h7-8,11-12,14H,6,9-10,13H2,1-5H3,(H2,24,25,26). The Kier molecular flexibility index (Phi) is 6.74. The van der Waals surface area contributed by atoms with Gasteiger partial charge in [-0.3, -0.25) is 0 Å². The van der Waals surface area contributed by atoms with Crippen molar-refractivity contribution in [2.45, 2.75) is 69.3 Å². The predicted octanol–water partition coefficient (Wildman–Crippen LogP) is 4.32. The number of benzene rings is 1. The Hall–Kier alpha value is -3.21. The van der Waals surface area contributed by atoms with Crippen molar-refractivity contribution in [3.63, 3.8) is 0 Å². The molecule has 0 saturated carbocycles. The van der Waals surface area contributed by atoms with E-state index in [-0.39, 0.29) is 18.9 Å². The molecule has 10 nitrogen and oxygen atoms in total. The largest absolute Gasteiger partial charge is 0.454 e. The monoisotopic (exact) mass is 486 g/mol. The van der Waals surface area contributed by atoms with Crippen molar-refractivity contribution in [2.75, 3.05) is 19.1 Å². The highest BCUT2D eigenvalue weighted by Crippen LogP contribution is 2.38. The molecule has 3 heterocycles. The lowest BCUT2D eigenvalue weighted by Gasteiger charge is -2.30. The third-order valence-electron chi connectivity index (χ3n) is 5.11. The maximum absolute atomic E-state index is 12.7. The van der Waals surface area contributed by atoms with E-state index in [0.717, 1.165) is 15.8 Å². The van der Waals surface area contributed by atoms with Gasteiger partial charge in [-0.2, -0.15) is 0 Å². The molecule has 1 aromatic carbocycles. The van der Waals surface area contributed by atoms with Crippen molar-refractivity contribution in [1.29, 1.82) is 0 Å². The van der Waals surface area contributed by atoms with Crippen LogP contribution in [0.3, 0.4) is 0 Å². The molecule has 0 atom stereocenters. The summed E-state index contributed by atoms with van der Waals surface area (Å²) >= 11 is 1.48. The van der Waals surface area contributed by atoms with E-state index in [4.69, 9.17) is 24.9 Å². The number of fused-ring (bicyclic) bond motifs is 2. The normalized spacial score (nSPS) is 13.0. The number of amides is 1. The molecule has 0 saturated heterocycles. The fourth-order valence-corrected chi connectivity index (χ4v) is 4.48. The second-order valence-corrected chi connectivity index (χ2v) is 10.3. The summed E-state index contributed by atoms with van der Waals surface area (Å²) in [7, 11) is 0. The van der Waals surface area contributed by atoms with Gasteiger partial charge in [-0.1, -0.05) is 11.8 Å². The lowest BCUT2D eigenvalue weighted by molar-refractivity contribution is 0.0186. The molecule has 0 bridgehead atoms. The Balaban J connectivity index is 1.55. The average molecular weight is 487 g/mol. The highest BCUT2D eigenvalue weighted by atomic mass is 32.2. The van der Waals surface area contributed by atoms with Crippen LogP contribution in [0, 0.1) is 0 Å². The highest BCUT2D eigenvalue weighted by molar-refractivity contribution is 7.99. The fraction of sp³-hybridized carbons (Fsp3) is 0.478. The number of ether oxygens (including phenoxy) is 3. The molecule has 2 aromatic heterocycles. The number of carbonyl (C=O) groups is 1. The Labute approximate surface area is 202 Å². The zero-order valence-electron chi connectivity index (χ0n) is 20.1. The topological polar surface area (TPSA) is 118 Å². The molecule has 0 spiro atoms. The van der Waals surface area contributed by atoms with Crippen LogP contribution in [0.4, 0.5) is 10.6 Å². The van der Waals surface area contributed by atoms with E-state index in [9.17, 15) is 4.79 Å². The minimum atomic E-state index is -0.548. The van der Waals surface area contributed by atoms with Crippen LogP contribution in [-0.2, 0) is 11.3 Å². The maximum Gasteiger partial charge on any atom is 0.410 e. The number of carbonyl (C=O) groups excluding carboxylic acids is 1. The Morgan fingerprint density at radius 1 is 1.26 bits per heavy atom. The molecule has 0 aliphatic carbocycles. The summed E-state index contributed by atoms with van der Waals surface area (Å²) in [6.45, 7) is 10.9. The molecule has 4 rings (SSSR count). The summed E-state index contributed by atoms with van der Waals surface area (Å²) in [5.74, 6) is 1.76. The molecule has 0 unspecified atom stereocenters. The molecule has 11 heteroatoms. The molecule has 2 N–H and O–H groups in total. The summed E-state index contributed by atoms with van der Waals surface area (Å²) in [4.78, 5) is 28.6. The van der Waals surface area contributed by atoms with Crippen molar-refractivity contribution < 1.29 is 19.0 Å². The van der Waals surface area contributed by atoms with Crippen molar-refractivity contribution in [3.05, 3.63) is 24.5 Å². The number of anilines is 1. The van der Waals surface area contributed by atoms with Gasteiger partial charge in [0.25, 0.3) is 0 Å². The van der Waals surface area contributed by atoms with Gasteiger partial charge in [0.15, 0.2) is 33.6 Å². The number of aromatic nitrogens is 4. The third kappa shape index (κ3) is 5.30. The lowest BCUT2D eigenvalue weighted by atomic mass is 10.2. The summed E-state index contributed by atoms with van der Waals surface area (Å²) in [5, 5.41) is 0.731. The van der Waals surface area contributed by atoms with E-state index >= 15 is 0 Å². The SMILES string of the molecule is CC(C)N(CCCn1c(Sc2ccc3c(c2)OCO3)nc2c(N)ncnc21)C(=O)OC(C)(C)C. The van der Waals surface area contributed by atoms with Gasteiger partial charge < -0.3 is 29.4 Å². The second kappa shape index (κ2) is 9.57. The summed E-state index contributed by atoms with van der Waals surface area (Å²) in [6.07, 6.45) is 1.80. The van der Waals surface area contributed by atoms with Crippen LogP contribution in [-0.4, -0.2) is 55.5 Å². The van der Waals surface area contributed by atoms with E-state index in [1.54, 1.807) is 4.90 Å². The molecule has 0 radical (unpaired) electrons. The first-order valence-corrected chi connectivity index (χ1v) is 12.0. The van der Waals surface area contributed by atoms with E-state index in [1.165, 1.54) is 18.1 Å². The van der Waals surface area contributed by atoms with Gasteiger partial charge in [0.05, 0.1) is 0 Å². The number of nitrogens with zero attached hydrogens (tertiary/aromatic N) is 5. The van der Waals surface area contributed by atoms with Crippen LogP contribution in [0.25, 0.3) is 11.2 Å². The van der Waals surface area contributed by atoms with Crippen LogP contribution in [0.5, 0.6) is 11.5 Å². The number of imidazole rings is 1. The molecule has 1 amide bonds. The fourth-order valence-electron chi connectivity index (χ4n) is 3.54. The summed E-state index contributed by atoms with van der Waals surface area (Å²) < 4.78 is 18.5. The lowest BCUT2D eigenvalue weighted by Crippen LogP contribution is -2.41. The molecular weight excluding hydrogens is 456 g/mol. The van der Waals surface area contributed by atoms with Crippen LogP contribution < -0.4 is 15.2 Å². The first kappa shape index (κ1) is 23.9.